The first-order valence-corrected chi connectivity index (χ1v) is 7.37. The summed E-state index contributed by atoms with van der Waals surface area (Å²) in [7, 11) is 0. The zero-order chi connectivity index (χ0) is 14.4. The van der Waals surface area contributed by atoms with Gasteiger partial charge in [-0.1, -0.05) is 22.0 Å². The van der Waals surface area contributed by atoms with Crippen LogP contribution in [0.5, 0.6) is 5.75 Å². The third-order valence-corrected chi connectivity index (χ3v) is 3.49. The van der Waals surface area contributed by atoms with Crippen LogP contribution in [0.4, 0.5) is 0 Å². The van der Waals surface area contributed by atoms with E-state index in [2.05, 4.69) is 21.2 Å². The standard InChI is InChI=1S/C14H17BrN2O3/c15-11-3-1-4-12(9-11)20-8-5-14(19)17-7-2-6-16-13(18)10-17/h1,3-4,9H,2,5-8,10H2,(H,16,18). The normalized spacial score (nSPS) is 15.4. The molecule has 1 aliphatic heterocycles. The van der Waals surface area contributed by atoms with E-state index in [-0.39, 0.29) is 24.8 Å². The molecule has 0 atom stereocenters. The smallest absolute Gasteiger partial charge is 0.239 e. The molecule has 5 nitrogen and oxygen atoms in total. The number of carbonyl (C=O) groups is 2. The molecule has 0 unspecified atom stereocenters. The van der Waals surface area contributed by atoms with Crippen molar-refractivity contribution in [1.82, 2.24) is 10.2 Å². The number of halogens is 1. The first-order chi connectivity index (χ1) is 9.65. The van der Waals surface area contributed by atoms with Crippen molar-refractivity contribution >= 4 is 27.7 Å². The topological polar surface area (TPSA) is 58.6 Å². The Morgan fingerprint density at radius 3 is 3.10 bits per heavy atom. The van der Waals surface area contributed by atoms with Crippen LogP contribution in [-0.4, -0.2) is 43.0 Å². The Labute approximate surface area is 126 Å². The lowest BCUT2D eigenvalue weighted by molar-refractivity contribution is -0.135. The van der Waals surface area contributed by atoms with Gasteiger partial charge in [0.2, 0.25) is 11.8 Å². The molecule has 0 radical (unpaired) electrons. The van der Waals surface area contributed by atoms with Crippen molar-refractivity contribution in [3.05, 3.63) is 28.7 Å². The average Bonchev–Trinajstić information content (AvgIpc) is 2.63. The predicted molar refractivity (Wildman–Crippen MR) is 78.5 cm³/mol. The third-order valence-electron chi connectivity index (χ3n) is 2.99. The van der Waals surface area contributed by atoms with Crippen LogP contribution >= 0.6 is 15.9 Å². The zero-order valence-corrected chi connectivity index (χ0v) is 12.7. The molecule has 0 aliphatic carbocycles. The summed E-state index contributed by atoms with van der Waals surface area (Å²) in [6.07, 6.45) is 1.07. The highest BCUT2D eigenvalue weighted by atomic mass is 79.9. The molecule has 2 amide bonds. The number of nitrogens with zero attached hydrogens (tertiary/aromatic N) is 1. The average molecular weight is 341 g/mol. The van der Waals surface area contributed by atoms with Gasteiger partial charge in [0.05, 0.1) is 19.6 Å². The van der Waals surface area contributed by atoms with E-state index in [0.29, 0.717) is 19.7 Å². The van der Waals surface area contributed by atoms with E-state index >= 15 is 0 Å². The lowest BCUT2D eigenvalue weighted by atomic mass is 10.3. The number of hydrogen-bond donors (Lipinski definition) is 1. The highest BCUT2D eigenvalue weighted by Crippen LogP contribution is 2.17. The van der Waals surface area contributed by atoms with Gasteiger partial charge in [-0.2, -0.15) is 0 Å². The van der Waals surface area contributed by atoms with Gasteiger partial charge in [0.25, 0.3) is 0 Å². The van der Waals surface area contributed by atoms with Crippen LogP contribution in [0.2, 0.25) is 0 Å². The fraction of sp³-hybridized carbons (Fsp3) is 0.429. The summed E-state index contributed by atoms with van der Waals surface area (Å²) in [4.78, 5) is 25.0. The summed E-state index contributed by atoms with van der Waals surface area (Å²) in [5.41, 5.74) is 0. The molecule has 6 heteroatoms. The Kier molecular flexibility index (Phi) is 5.40. The molecule has 2 rings (SSSR count). The summed E-state index contributed by atoms with van der Waals surface area (Å²) in [6, 6.07) is 7.48. The summed E-state index contributed by atoms with van der Waals surface area (Å²) in [6.45, 7) is 1.72. The summed E-state index contributed by atoms with van der Waals surface area (Å²) >= 11 is 3.36. The van der Waals surface area contributed by atoms with E-state index in [4.69, 9.17) is 4.74 Å². The third kappa shape index (κ3) is 4.52. The largest absolute Gasteiger partial charge is 0.493 e. The van der Waals surface area contributed by atoms with Gasteiger partial charge >= 0.3 is 0 Å². The second kappa shape index (κ2) is 7.28. The van der Waals surface area contributed by atoms with Crippen molar-refractivity contribution in [2.75, 3.05) is 26.2 Å². The highest BCUT2D eigenvalue weighted by molar-refractivity contribution is 9.10. The van der Waals surface area contributed by atoms with Gasteiger partial charge in [0.1, 0.15) is 5.75 Å². The number of amides is 2. The molecule has 1 aromatic rings. The second-order valence-corrected chi connectivity index (χ2v) is 5.49. The molecule has 1 saturated heterocycles. The van der Waals surface area contributed by atoms with Crippen molar-refractivity contribution in [3.63, 3.8) is 0 Å². The van der Waals surface area contributed by atoms with Crippen molar-refractivity contribution in [1.29, 1.82) is 0 Å². The van der Waals surface area contributed by atoms with Gasteiger partial charge in [-0.25, -0.2) is 0 Å². The zero-order valence-electron chi connectivity index (χ0n) is 11.1. The van der Waals surface area contributed by atoms with Gasteiger partial charge < -0.3 is 15.0 Å². The molecule has 0 spiro atoms. The van der Waals surface area contributed by atoms with E-state index in [1.807, 2.05) is 24.3 Å². The van der Waals surface area contributed by atoms with E-state index in [1.54, 1.807) is 4.90 Å². The van der Waals surface area contributed by atoms with Gasteiger partial charge in [-0.05, 0) is 24.6 Å². The number of hydrogen-bond acceptors (Lipinski definition) is 3. The van der Waals surface area contributed by atoms with Crippen molar-refractivity contribution in [2.45, 2.75) is 12.8 Å². The quantitative estimate of drug-likeness (QED) is 0.904. The van der Waals surface area contributed by atoms with Crippen LogP contribution in [0, 0.1) is 0 Å². The molecule has 0 saturated carbocycles. The van der Waals surface area contributed by atoms with E-state index in [1.165, 1.54) is 0 Å². The van der Waals surface area contributed by atoms with E-state index in [9.17, 15) is 9.59 Å². The number of carbonyl (C=O) groups excluding carboxylic acids is 2. The highest BCUT2D eigenvalue weighted by Gasteiger charge is 2.19. The fourth-order valence-corrected chi connectivity index (χ4v) is 2.37. The Morgan fingerprint density at radius 2 is 2.30 bits per heavy atom. The Bertz CT molecular complexity index is 493. The lowest BCUT2D eigenvalue weighted by Gasteiger charge is -2.19. The molecule has 0 aromatic heterocycles. The minimum atomic E-state index is -0.0937. The maximum atomic E-state index is 12.0. The van der Waals surface area contributed by atoms with Crippen LogP contribution in [0.1, 0.15) is 12.8 Å². The summed E-state index contributed by atoms with van der Waals surface area (Å²) < 4.78 is 6.46. The molecular weight excluding hydrogens is 324 g/mol. The maximum absolute atomic E-state index is 12.0. The Hall–Kier alpha value is -1.56. The maximum Gasteiger partial charge on any atom is 0.239 e. The molecule has 1 N–H and O–H groups in total. The van der Waals surface area contributed by atoms with E-state index in [0.717, 1.165) is 16.6 Å². The molecule has 108 valence electrons. The second-order valence-electron chi connectivity index (χ2n) is 4.57. The van der Waals surface area contributed by atoms with Gasteiger partial charge in [0.15, 0.2) is 0 Å². The fourth-order valence-electron chi connectivity index (χ4n) is 1.99. The van der Waals surface area contributed by atoms with E-state index < -0.39 is 0 Å². The number of ether oxygens (including phenoxy) is 1. The molecule has 1 aromatic carbocycles. The van der Waals surface area contributed by atoms with Crippen LogP contribution in [-0.2, 0) is 9.59 Å². The van der Waals surface area contributed by atoms with Crippen molar-refractivity contribution in [2.24, 2.45) is 0 Å². The van der Waals surface area contributed by atoms with Crippen LogP contribution in [0.25, 0.3) is 0 Å². The Morgan fingerprint density at radius 1 is 1.45 bits per heavy atom. The first-order valence-electron chi connectivity index (χ1n) is 6.58. The monoisotopic (exact) mass is 340 g/mol. The number of rotatable bonds is 4. The van der Waals surface area contributed by atoms with Crippen LogP contribution in [0.3, 0.4) is 0 Å². The molecular formula is C14H17BrN2O3. The van der Waals surface area contributed by atoms with Crippen LogP contribution in [0.15, 0.2) is 28.7 Å². The van der Waals surface area contributed by atoms with Crippen LogP contribution < -0.4 is 10.1 Å². The Balaban J connectivity index is 1.78. The predicted octanol–water partition coefficient (Wildman–Crippen LogP) is 1.57. The van der Waals surface area contributed by atoms with Crippen molar-refractivity contribution < 1.29 is 14.3 Å². The SMILES string of the molecule is O=C1CN(C(=O)CCOc2cccc(Br)c2)CCCN1. The van der Waals surface area contributed by atoms with Gasteiger partial charge in [-0.3, -0.25) is 9.59 Å². The lowest BCUT2D eigenvalue weighted by Crippen LogP contribution is -2.37. The molecule has 0 bridgehead atoms. The molecule has 1 aliphatic rings. The van der Waals surface area contributed by atoms with Crippen molar-refractivity contribution in [3.8, 4) is 5.75 Å². The molecule has 1 heterocycles. The summed E-state index contributed by atoms with van der Waals surface area (Å²) in [5, 5.41) is 2.75. The molecule has 1 fully saturated rings. The number of benzene rings is 1. The summed E-state index contributed by atoms with van der Waals surface area (Å²) in [5.74, 6) is 0.585. The minimum absolute atomic E-state index is 0.0444. The first kappa shape index (κ1) is 14.8. The van der Waals surface area contributed by atoms with Gasteiger partial charge in [-0.15, -0.1) is 0 Å². The molecule has 20 heavy (non-hydrogen) atoms. The van der Waals surface area contributed by atoms with Gasteiger partial charge in [0, 0.05) is 17.6 Å². The number of nitrogens with one attached hydrogen (secondary N) is 1. The minimum Gasteiger partial charge on any atom is -0.493 e.